The third kappa shape index (κ3) is 4.91. The molecular weight excluding hydrogens is 162 g/mol. The van der Waals surface area contributed by atoms with Crippen LogP contribution in [0, 0.1) is 11.8 Å². The summed E-state index contributed by atoms with van der Waals surface area (Å²) < 4.78 is 0. The van der Waals surface area contributed by atoms with Crippen LogP contribution in [0.5, 0.6) is 0 Å². The average molecular weight is 185 g/mol. The van der Waals surface area contributed by atoms with Gasteiger partial charge in [-0.25, -0.2) is 0 Å². The molecule has 1 unspecified atom stereocenters. The first-order chi connectivity index (χ1) is 6.13. The van der Waals surface area contributed by atoms with E-state index in [4.69, 9.17) is 0 Å². The molecule has 0 rings (SSSR count). The zero-order chi connectivity index (χ0) is 10.3. The van der Waals surface area contributed by atoms with Gasteiger partial charge in [-0.3, -0.25) is 4.79 Å². The van der Waals surface area contributed by atoms with Crippen molar-refractivity contribution in [2.75, 3.05) is 6.54 Å². The number of nitrogens with one attached hydrogen (secondary N) is 1. The Morgan fingerprint density at radius 3 is 2.31 bits per heavy atom. The van der Waals surface area contributed by atoms with Crippen molar-refractivity contribution in [2.45, 2.75) is 47.0 Å². The normalized spacial score (nSPS) is 13.0. The Labute approximate surface area is 82.1 Å². The first kappa shape index (κ1) is 12.5. The first-order valence-electron chi connectivity index (χ1n) is 5.41. The lowest BCUT2D eigenvalue weighted by Crippen LogP contribution is -2.33. The minimum Gasteiger partial charge on any atom is -0.356 e. The van der Waals surface area contributed by atoms with E-state index in [1.807, 2.05) is 6.92 Å². The summed E-state index contributed by atoms with van der Waals surface area (Å²) in [5.74, 6) is 0.893. The van der Waals surface area contributed by atoms with Crippen molar-refractivity contribution in [2.24, 2.45) is 11.8 Å². The first-order valence-corrected chi connectivity index (χ1v) is 5.41. The highest BCUT2D eigenvalue weighted by Crippen LogP contribution is 2.18. The lowest BCUT2D eigenvalue weighted by Gasteiger charge is -2.19. The van der Waals surface area contributed by atoms with Crippen molar-refractivity contribution >= 4 is 5.91 Å². The zero-order valence-electron chi connectivity index (χ0n) is 9.39. The Morgan fingerprint density at radius 1 is 1.31 bits per heavy atom. The molecule has 2 heteroatoms. The van der Waals surface area contributed by atoms with E-state index in [1.54, 1.807) is 0 Å². The van der Waals surface area contributed by atoms with Gasteiger partial charge in [-0.05, 0) is 19.3 Å². The van der Waals surface area contributed by atoms with Gasteiger partial charge in [0.15, 0.2) is 0 Å². The van der Waals surface area contributed by atoms with Crippen LogP contribution in [-0.4, -0.2) is 12.5 Å². The van der Waals surface area contributed by atoms with Crippen LogP contribution in [0.4, 0.5) is 0 Å². The molecular formula is C11H23NO. The number of rotatable bonds is 6. The topological polar surface area (TPSA) is 29.1 Å². The molecule has 0 radical (unpaired) electrons. The van der Waals surface area contributed by atoms with Crippen LogP contribution < -0.4 is 5.32 Å². The summed E-state index contributed by atoms with van der Waals surface area (Å²) in [7, 11) is 0. The van der Waals surface area contributed by atoms with E-state index in [2.05, 4.69) is 26.1 Å². The summed E-state index contributed by atoms with van der Waals surface area (Å²) in [6.07, 6.45) is 3.35. The second kappa shape index (κ2) is 6.93. The molecule has 0 bridgehead atoms. The van der Waals surface area contributed by atoms with Crippen LogP contribution >= 0.6 is 0 Å². The van der Waals surface area contributed by atoms with Gasteiger partial charge in [0.2, 0.25) is 5.91 Å². The fourth-order valence-corrected chi connectivity index (χ4v) is 1.50. The highest BCUT2D eigenvalue weighted by Gasteiger charge is 2.20. The lowest BCUT2D eigenvalue weighted by molar-refractivity contribution is -0.126. The Hall–Kier alpha value is -0.530. The molecule has 0 aromatic rings. The monoisotopic (exact) mass is 185 g/mol. The summed E-state index contributed by atoms with van der Waals surface area (Å²) in [4.78, 5) is 11.6. The van der Waals surface area contributed by atoms with Crippen molar-refractivity contribution in [3.8, 4) is 0 Å². The van der Waals surface area contributed by atoms with Crippen LogP contribution in [0.3, 0.4) is 0 Å². The molecule has 1 N–H and O–H groups in total. The van der Waals surface area contributed by atoms with Gasteiger partial charge in [0.1, 0.15) is 0 Å². The molecule has 0 aliphatic rings. The second-order valence-corrected chi connectivity index (χ2v) is 3.89. The quantitative estimate of drug-likeness (QED) is 0.677. The minimum atomic E-state index is 0.208. The van der Waals surface area contributed by atoms with Gasteiger partial charge in [-0.15, -0.1) is 0 Å². The number of unbranched alkanes of at least 4 members (excludes halogenated alkanes) is 1. The second-order valence-electron chi connectivity index (χ2n) is 3.89. The molecule has 1 atom stereocenters. The van der Waals surface area contributed by atoms with Crippen molar-refractivity contribution in [1.82, 2.24) is 5.32 Å². The Morgan fingerprint density at radius 2 is 1.92 bits per heavy atom. The Bertz CT molecular complexity index is 143. The minimum absolute atomic E-state index is 0.208. The third-order valence-corrected chi connectivity index (χ3v) is 2.36. The Kier molecular flexibility index (Phi) is 6.65. The summed E-state index contributed by atoms with van der Waals surface area (Å²) in [6, 6.07) is 0. The zero-order valence-corrected chi connectivity index (χ0v) is 9.39. The molecule has 0 aromatic carbocycles. The summed E-state index contributed by atoms with van der Waals surface area (Å²) >= 11 is 0. The predicted molar refractivity (Wildman–Crippen MR) is 56.5 cm³/mol. The van der Waals surface area contributed by atoms with E-state index in [-0.39, 0.29) is 11.8 Å². The van der Waals surface area contributed by atoms with Crippen molar-refractivity contribution in [1.29, 1.82) is 0 Å². The average Bonchev–Trinajstić information content (AvgIpc) is 2.05. The van der Waals surface area contributed by atoms with E-state index in [9.17, 15) is 4.79 Å². The maximum Gasteiger partial charge on any atom is 0.223 e. The van der Waals surface area contributed by atoms with Crippen LogP contribution in [0.1, 0.15) is 47.0 Å². The summed E-state index contributed by atoms with van der Waals surface area (Å²) in [6.45, 7) is 9.11. The smallest absolute Gasteiger partial charge is 0.223 e. The van der Waals surface area contributed by atoms with Crippen LogP contribution in [-0.2, 0) is 4.79 Å². The largest absolute Gasteiger partial charge is 0.356 e. The van der Waals surface area contributed by atoms with Gasteiger partial charge in [0, 0.05) is 12.5 Å². The van der Waals surface area contributed by atoms with Gasteiger partial charge in [0.05, 0.1) is 0 Å². The van der Waals surface area contributed by atoms with Crippen LogP contribution in [0.25, 0.3) is 0 Å². The number of hydrogen-bond donors (Lipinski definition) is 1. The predicted octanol–water partition coefficient (Wildman–Crippen LogP) is 2.58. The molecule has 0 saturated heterocycles. The van der Waals surface area contributed by atoms with E-state index in [0.717, 1.165) is 19.4 Å². The molecule has 0 aliphatic heterocycles. The molecule has 0 fully saturated rings. The highest BCUT2D eigenvalue weighted by atomic mass is 16.1. The van der Waals surface area contributed by atoms with E-state index in [0.29, 0.717) is 5.92 Å². The standard InChI is InChI=1S/C11H23NO/c1-5-7-8-10(9(3)4)11(13)12-6-2/h9-10H,5-8H2,1-4H3,(H,12,13). The fourth-order valence-electron chi connectivity index (χ4n) is 1.50. The van der Waals surface area contributed by atoms with Gasteiger partial charge in [-0.2, -0.15) is 0 Å². The molecule has 2 nitrogen and oxygen atoms in total. The van der Waals surface area contributed by atoms with Crippen LogP contribution in [0.2, 0.25) is 0 Å². The number of hydrogen-bond acceptors (Lipinski definition) is 1. The maximum absolute atomic E-state index is 11.6. The molecule has 0 saturated carbocycles. The number of amides is 1. The highest BCUT2D eigenvalue weighted by molar-refractivity contribution is 5.78. The number of carbonyl (C=O) groups is 1. The number of carbonyl (C=O) groups excluding carboxylic acids is 1. The van der Waals surface area contributed by atoms with Gasteiger partial charge < -0.3 is 5.32 Å². The van der Waals surface area contributed by atoms with Crippen molar-refractivity contribution in [3.05, 3.63) is 0 Å². The van der Waals surface area contributed by atoms with Crippen molar-refractivity contribution in [3.63, 3.8) is 0 Å². The van der Waals surface area contributed by atoms with Gasteiger partial charge >= 0.3 is 0 Å². The summed E-state index contributed by atoms with van der Waals surface area (Å²) in [5, 5.41) is 2.90. The van der Waals surface area contributed by atoms with Crippen LogP contribution in [0.15, 0.2) is 0 Å². The molecule has 1 amide bonds. The molecule has 0 aliphatic carbocycles. The molecule has 78 valence electrons. The fraction of sp³-hybridized carbons (Fsp3) is 0.909. The molecule has 0 heterocycles. The third-order valence-electron chi connectivity index (χ3n) is 2.36. The molecule has 0 spiro atoms. The lowest BCUT2D eigenvalue weighted by atomic mass is 9.90. The summed E-state index contributed by atoms with van der Waals surface area (Å²) in [5.41, 5.74) is 0. The van der Waals surface area contributed by atoms with E-state index < -0.39 is 0 Å². The molecule has 13 heavy (non-hydrogen) atoms. The van der Waals surface area contributed by atoms with Crippen molar-refractivity contribution < 1.29 is 4.79 Å². The van der Waals surface area contributed by atoms with Gasteiger partial charge in [-0.1, -0.05) is 33.6 Å². The van der Waals surface area contributed by atoms with Gasteiger partial charge in [0.25, 0.3) is 0 Å². The SMILES string of the molecule is CCCCC(C(=O)NCC)C(C)C. The Balaban J connectivity index is 3.99. The van der Waals surface area contributed by atoms with E-state index >= 15 is 0 Å². The maximum atomic E-state index is 11.6. The van der Waals surface area contributed by atoms with E-state index in [1.165, 1.54) is 6.42 Å². The molecule has 0 aromatic heterocycles.